The van der Waals surface area contributed by atoms with Crippen LogP contribution >= 0.6 is 11.6 Å². The molecule has 0 aliphatic heterocycles. The Bertz CT molecular complexity index is 276. The molecular weight excluding hydrogens is 174 g/mol. The Labute approximate surface area is 76.9 Å². The topological polar surface area (TPSA) is 40.5 Å². The maximum Gasteiger partial charge on any atom is 0.488 e. The van der Waals surface area contributed by atoms with Crippen molar-refractivity contribution in [3.05, 3.63) is 29.3 Å². The first-order valence-corrected chi connectivity index (χ1v) is 4.20. The fourth-order valence-electron chi connectivity index (χ4n) is 0.996. The molecule has 0 aromatic heterocycles. The summed E-state index contributed by atoms with van der Waals surface area (Å²) in [6, 6.07) is 5.20. The van der Waals surface area contributed by atoms with Crippen LogP contribution in [0.4, 0.5) is 0 Å². The highest BCUT2D eigenvalue weighted by atomic mass is 35.5. The highest BCUT2D eigenvalue weighted by Gasteiger charge is 2.11. The third-order valence-corrected chi connectivity index (χ3v) is 2.10. The third-order valence-electron chi connectivity index (χ3n) is 1.82. The van der Waals surface area contributed by atoms with Gasteiger partial charge in [-0.15, -0.1) is 11.6 Å². The molecule has 0 bridgehead atoms. The van der Waals surface area contributed by atoms with Crippen LogP contribution in [0.25, 0.3) is 0 Å². The van der Waals surface area contributed by atoms with Gasteiger partial charge in [-0.25, -0.2) is 0 Å². The maximum absolute atomic E-state index is 8.85. The lowest BCUT2D eigenvalue weighted by Crippen LogP contribution is -2.30. The van der Waals surface area contributed by atoms with E-state index in [1.807, 2.05) is 13.0 Å². The lowest BCUT2D eigenvalue weighted by atomic mass is 9.79. The van der Waals surface area contributed by atoms with E-state index in [4.69, 9.17) is 21.6 Å². The summed E-state index contributed by atoms with van der Waals surface area (Å²) in [4.78, 5) is 0. The van der Waals surface area contributed by atoms with Crippen LogP contribution in [-0.2, 0) is 5.88 Å². The van der Waals surface area contributed by atoms with Crippen LogP contribution < -0.4 is 5.46 Å². The molecule has 2 N–H and O–H groups in total. The molecule has 0 fully saturated rings. The van der Waals surface area contributed by atoms with Crippen LogP contribution in [0.3, 0.4) is 0 Å². The van der Waals surface area contributed by atoms with Gasteiger partial charge in [-0.1, -0.05) is 18.2 Å². The standard InChI is InChI=1S/C8H10BClO2/c1-6-2-3-8(9(11)12)4-7(6)5-10/h2-4,11-12H,5H2,1H3. The zero-order chi connectivity index (χ0) is 9.14. The normalized spacial score (nSPS) is 10.0. The number of rotatable bonds is 2. The molecule has 0 saturated carbocycles. The van der Waals surface area contributed by atoms with Crippen molar-refractivity contribution in [3.63, 3.8) is 0 Å². The number of alkyl halides is 1. The van der Waals surface area contributed by atoms with E-state index < -0.39 is 7.12 Å². The van der Waals surface area contributed by atoms with Crippen molar-refractivity contribution >= 4 is 24.2 Å². The number of halogens is 1. The molecule has 1 rings (SSSR count). The molecule has 64 valence electrons. The van der Waals surface area contributed by atoms with Crippen molar-refractivity contribution in [2.45, 2.75) is 12.8 Å². The van der Waals surface area contributed by atoms with Crippen LogP contribution in [-0.4, -0.2) is 17.2 Å². The Morgan fingerprint density at radius 2 is 2.08 bits per heavy atom. The summed E-state index contributed by atoms with van der Waals surface area (Å²) in [5.74, 6) is 0.395. The smallest absolute Gasteiger partial charge is 0.423 e. The summed E-state index contributed by atoms with van der Waals surface area (Å²) in [5, 5.41) is 17.7. The number of hydrogen-bond acceptors (Lipinski definition) is 2. The molecular formula is C8H10BClO2. The summed E-state index contributed by atoms with van der Waals surface area (Å²) in [6.45, 7) is 1.94. The van der Waals surface area contributed by atoms with E-state index in [-0.39, 0.29) is 0 Å². The molecule has 0 heterocycles. The van der Waals surface area contributed by atoms with Gasteiger partial charge < -0.3 is 10.0 Å². The zero-order valence-electron chi connectivity index (χ0n) is 6.79. The van der Waals surface area contributed by atoms with Gasteiger partial charge in [0.25, 0.3) is 0 Å². The lowest BCUT2D eigenvalue weighted by molar-refractivity contribution is 0.425. The monoisotopic (exact) mass is 184 g/mol. The second-order valence-electron chi connectivity index (χ2n) is 2.69. The average molecular weight is 184 g/mol. The molecule has 4 heteroatoms. The third kappa shape index (κ3) is 2.00. The highest BCUT2D eigenvalue weighted by molar-refractivity contribution is 6.58. The predicted octanol–water partition coefficient (Wildman–Crippen LogP) is 0.414. The Morgan fingerprint density at radius 1 is 1.42 bits per heavy atom. The van der Waals surface area contributed by atoms with E-state index in [1.54, 1.807) is 12.1 Å². The van der Waals surface area contributed by atoms with Gasteiger partial charge in [-0.2, -0.15) is 0 Å². The lowest BCUT2D eigenvalue weighted by Gasteiger charge is -2.04. The number of aryl methyl sites for hydroxylation is 1. The van der Waals surface area contributed by atoms with E-state index in [2.05, 4.69) is 0 Å². The maximum atomic E-state index is 8.85. The van der Waals surface area contributed by atoms with Crippen molar-refractivity contribution in [2.24, 2.45) is 0 Å². The largest absolute Gasteiger partial charge is 0.488 e. The van der Waals surface area contributed by atoms with Gasteiger partial charge in [0.15, 0.2) is 0 Å². The second-order valence-corrected chi connectivity index (χ2v) is 2.96. The fraction of sp³-hybridized carbons (Fsp3) is 0.250. The Hall–Kier alpha value is -0.505. The highest BCUT2D eigenvalue weighted by Crippen LogP contribution is 2.08. The van der Waals surface area contributed by atoms with E-state index in [0.29, 0.717) is 11.3 Å². The van der Waals surface area contributed by atoms with Gasteiger partial charge in [-0.3, -0.25) is 0 Å². The average Bonchev–Trinajstić information content (AvgIpc) is 2.05. The quantitative estimate of drug-likeness (QED) is 0.516. The summed E-state index contributed by atoms with van der Waals surface area (Å²) < 4.78 is 0. The molecule has 0 amide bonds. The molecule has 12 heavy (non-hydrogen) atoms. The van der Waals surface area contributed by atoms with Gasteiger partial charge in [-0.05, 0) is 23.5 Å². The first kappa shape index (κ1) is 9.58. The first-order valence-electron chi connectivity index (χ1n) is 3.66. The molecule has 0 spiro atoms. The van der Waals surface area contributed by atoms with Crippen LogP contribution in [0.5, 0.6) is 0 Å². The molecule has 0 saturated heterocycles. The van der Waals surface area contributed by atoms with Crippen molar-refractivity contribution in [1.82, 2.24) is 0 Å². The van der Waals surface area contributed by atoms with Crippen molar-refractivity contribution < 1.29 is 10.0 Å². The van der Waals surface area contributed by atoms with Gasteiger partial charge in [0.05, 0.1) is 0 Å². The fourth-order valence-corrected chi connectivity index (χ4v) is 1.28. The van der Waals surface area contributed by atoms with Crippen LogP contribution in [0.1, 0.15) is 11.1 Å². The van der Waals surface area contributed by atoms with E-state index in [9.17, 15) is 0 Å². The van der Waals surface area contributed by atoms with Gasteiger partial charge in [0.2, 0.25) is 0 Å². The molecule has 2 nitrogen and oxygen atoms in total. The molecule has 0 aliphatic carbocycles. The molecule has 0 unspecified atom stereocenters. The summed E-state index contributed by atoms with van der Waals surface area (Å²) in [6.07, 6.45) is 0. The van der Waals surface area contributed by atoms with Crippen molar-refractivity contribution in [2.75, 3.05) is 0 Å². The minimum Gasteiger partial charge on any atom is -0.423 e. The van der Waals surface area contributed by atoms with E-state index in [1.165, 1.54) is 0 Å². The van der Waals surface area contributed by atoms with Crippen molar-refractivity contribution in [3.8, 4) is 0 Å². The zero-order valence-corrected chi connectivity index (χ0v) is 7.54. The minimum atomic E-state index is -1.41. The van der Waals surface area contributed by atoms with Crippen LogP contribution in [0.2, 0.25) is 0 Å². The summed E-state index contributed by atoms with van der Waals surface area (Å²) >= 11 is 5.65. The van der Waals surface area contributed by atoms with Crippen LogP contribution in [0, 0.1) is 6.92 Å². The molecule has 0 aliphatic rings. The van der Waals surface area contributed by atoms with Gasteiger partial charge in [0, 0.05) is 5.88 Å². The molecule has 0 atom stereocenters. The Balaban J connectivity index is 3.05. The summed E-state index contributed by atoms with van der Waals surface area (Å²) in [5.41, 5.74) is 2.48. The van der Waals surface area contributed by atoms with E-state index >= 15 is 0 Å². The Morgan fingerprint density at radius 3 is 2.58 bits per heavy atom. The number of hydrogen-bond donors (Lipinski definition) is 2. The second kappa shape index (κ2) is 3.94. The summed E-state index contributed by atoms with van der Waals surface area (Å²) in [7, 11) is -1.41. The predicted molar refractivity (Wildman–Crippen MR) is 50.6 cm³/mol. The minimum absolute atomic E-state index is 0.395. The molecule has 1 aromatic rings. The molecule has 0 radical (unpaired) electrons. The van der Waals surface area contributed by atoms with Crippen molar-refractivity contribution in [1.29, 1.82) is 0 Å². The molecule has 1 aromatic carbocycles. The SMILES string of the molecule is Cc1ccc(B(O)O)cc1CCl. The van der Waals surface area contributed by atoms with Gasteiger partial charge in [0.1, 0.15) is 0 Å². The van der Waals surface area contributed by atoms with Gasteiger partial charge >= 0.3 is 7.12 Å². The first-order chi connectivity index (χ1) is 5.65. The van der Waals surface area contributed by atoms with Crippen LogP contribution in [0.15, 0.2) is 18.2 Å². The Kier molecular flexibility index (Phi) is 3.15. The number of benzene rings is 1. The van der Waals surface area contributed by atoms with E-state index in [0.717, 1.165) is 11.1 Å².